The zero-order chi connectivity index (χ0) is 22.7. The lowest BCUT2D eigenvalue weighted by atomic mass is 10.1. The Morgan fingerprint density at radius 1 is 0.906 bits per heavy atom. The quantitative estimate of drug-likeness (QED) is 0.588. The average molecular weight is 458 g/mol. The van der Waals surface area contributed by atoms with E-state index in [-0.39, 0.29) is 23.0 Å². The summed E-state index contributed by atoms with van der Waals surface area (Å²) < 4.78 is 54.6. The first-order chi connectivity index (χ1) is 15.3. The second-order valence-corrected chi connectivity index (χ2v) is 9.09. The van der Waals surface area contributed by atoms with Crippen LogP contribution in [0.5, 0.6) is 0 Å². The predicted octanol–water partition coefficient (Wildman–Crippen LogP) is 4.60. The number of urea groups is 1. The van der Waals surface area contributed by atoms with Crippen molar-refractivity contribution in [1.82, 2.24) is 4.90 Å². The van der Waals surface area contributed by atoms with E-state index in [4.69, 9.17) is 0 Å². The Morgan fingerprint density at radius 2 is 1.62 bits per heavy atom. The van der Waals surface area contributed by atoms with Crippen molar-refractivity contribution in [2.24, 2.45) is 0 Å². The van der Waals surface area contributed by atoms with Crippen LogP contribution in [0.1, 0.15) is 12.0 Å². The Kier molecular flexibility index (Phi) is 6.09. The molecule has 166 valence electrons. The van der Waals surface area contributed by atoms with Gasteiger partial charge in [-0.1, -0.05) is 24.3 Å². The van der Waals surface area contributed by atoms with Gasteiger partial charge in [-0.25, -0.2) is 22.0 Å². The largest absolute Gasteiger partial charge is 0.324 e. The van der Waals surface area contributed by atoms with Gasteiger partial charge >= 0.3 is 6.03 Å². The van der Waals surface area contributed by atoms with Gasteiger partial charge in [0.1, 0.15) is 11.6 Å². The van der Waals surface area contributed by atoms with E-state index < -0.39 is 21.7 Å². The molecule has 6 nitrogen and oxygen atoms in total. The molecule has 1 aliphatic heterocycles. The monoisotopic (exact) mass is 457 g/mol. The Hall–Kier alpha value is -3.46. The SMILES string of the molecule is O=C1N(Cc2ccc(F)cc2F)CCCN1c1ccc(NS(=O)(=O)c2ccccc2)cc1. The molecule has 3 aromatic carbocycles. The highest BCUT2D eigenvalue weighted by Crippen LogP contribution is 2.25. The summed E-state index contributed by atoms with van der Waals surface area (Å²) in [6.07, 6.45) is 0.678. The minimum Gasteiger partial charge on any atom is -0.320 e. The molecular weight excluding hydrogens is 436 g/mol. The van der Waals surface area contributed by atoms with Crippen molar-refractivity contribution >= 4 is 27.4 Å². The fourth-order valence-corrected chi connectivity index (χ4v) is 4.63. The van der Waals surface area contributed by atoms with Crippen LogP contribution in [0.25, 0.3) is 0 Å². The molecular formula is C23H21F2N3O3S. The number of benzene rings is 3. The van der Waals surface area contributed by atoms with Crippen LogP contribution in [0, 0.1) is 11.6 Å². The summed E-state index contributed by atoms with van der Waals surface area (Å²) in [6, 6.07) is 17.5. The highest BCUT2D eigenvalue weighted by Gasteiger charge is 2.27. The summed E-state index contributed by atoms with van der Waals surface area (Å²) in [5, 5.41) is 0. The zero-order valence-corrected chi connectivity index (χ0v) is 17.9. The third kappa shape index (κ3) is 4.72. The van der Waals surface area contributed by atoms with Gasteiger partial charge in [0.2, 0.25) is 0 Å². The maximum atomic E-state index is 14.0. The van der Waals surface area contributed by atoms with Crippen LogP contribution in [-0.4, -0.2) is 32.4 Å². The molecule has 0 aliphatic carbocycles. The average Bonchev–Trinajstić information content (AvgIpc) is 2.78. The number of halogens is 2. The molecule has 4 rings (SSSR count). The van der Waals surface area contributed by atoms with Gasteiger partial charge in [0, 0.05) is 36.1 Å². The van der Waals surface area contributed by atoms with E-state index >= 15 is 0 Å². The molecule has 0 saturated carbocycles. The molecule has 9 heteroatoms. The van der Waals surface area contributed by atoms with Crippen LogP contribution in [0.4, 0.5) is 25.0 Å². The van der Waals surface area contributed by atoms with E-state index in [2.05, 4.69) is 4.72 Å². The first-order valence-corrected chi connectivity index (χ1v) is 11.5. The normalized spacial score (nSPS) is 14.5. The van der Waals surface area contributed by atoms with Gasteiger partial charge in [0.05, 0.1) is 11.4 Å². The maximum Gasteiger partial charge on any atom is 0.324 e. The zero-order valence-electron chi connectivity index (χ0n) is 17.0. The molecule has 32 heavy (non-hydrogen) atoms. The minimum absolute atomic E-state index is 0.0381. The maximum absolute atomic E-state index is 14.0. The summed E-state index contributed by atoms with van der Waals surface area (Å²) in [6.45, 7) is 0.980. The van der Waals surface area contributed by atoms with Crippen molar-refractivity contribution in [1.29, 1.82) is 0 Å². The predicted molar refractivity (Wildman–Crippen MR) is 118 cm³/mol. The number of carbonyl (C=O) groups excluding carboxylic acids is 1. The van der Waals surface area contributed by atoms with Crippen LogP contribution >= 0.6 is 0 Å². The van der Waals surface area contributed by atoms with E-state index in [9.17, 15) is 22.0 Å². The summed E-state index contributed by atoms with van der Waals surface area (Å²) in [7, 11) is -3.71. The summed E-state index contributed by atoms with van der Waals surface area (Å²) in [4.78, 5) is 16.2. The number of amides is 2. The minimum atomic E-state index is -3.71. The number of hydrogen-bond donors (Lipinski definition) is 1. The van der Waals surface area contributed by atoms with Crippen molar-refractivity contribution in [3.63, 3.8) is 0 Å². The molecule has 0 bridgehead atoms. The van der Waals surface area contributed by atoms with Gasteiger partial charge in [-0.15, -0.1) is 0 Å². The fourth-order valence-electron chi connectivity index (χ4n) is 3.55. The van der Waals surface area contributed by atoms with Crippen LogP contribution in [0.2, 0.25) is 0 Å². The molecule has 0 atom stereocenters. The Bertz CT molecular complexity index is 1220. The number of anilines is 2. The van der Waals surface area contributed by atoms with Gasteiger partial charge in [-0.05, 0) is 48.9 Å². The number of hydrogen-bond acceptors (Lipinski definition) is 3. The smallest absolute Gasteiger partial charge is 0.320 e. The molecule has 2 amide bonds. The Balaban J connectivity index is 1.47. The van der Waals surface area contributed by atoms with Gasteiger partial charge < -0.3 is 4.90 Å². The molecule has 1 aliphatic rings. The number of nitrogens with one attached hydrogen (secondary N) is 1. The van der Waals surface area contributed by atoms with Crippen molar-refractivity contribution in [3.05, 3.63) is 90.0 Å². The number of sulfonamides is 1. The first-order valence-electron chi connectivity index (χ1n) is 10.0. The van der Waals surface area contributed by atoms with E-state index in [1.54, 1.807) is 47.4 Å². The molecule has 0 radical (unpaired) electrons. The van der Waals surface area contributed by atoms with E-state index in [0.29, 0.717) is 30.9 Å². The molecule has 0 unspecified atom stereocenters. The van der Waals surface area contributed by atoms with Crippen LogP contribution in [0.15, 0.2) is 77.7 Å². The topological polar surface area (TPSA) is 69.7 Å². The van der Waals surface area contributed by atoms with Gasteiger partial charge in [0.25, 0.3) is 10.0 Å². The summed E-state index contributed by atoms with van der Waals surface area (Å²) >= 11 is 0. The lowest BCUT2D eigenvalue weighted by Crippen LogP contribution is -2.49. The van der Waals surface area contributed by atoms with Crippen LogP contribution < -0.4 is 9.62 Å². The molecule has 3 aromatic rings. The molecule has 0 aromatic heterocycles. The van der Waals surface area contributed by atoms with Crippen molar-refractivity contribution < 1.29 is 22.0 Å². The molecule has 1 heterocycles. The lowest BCUT2D eigenvalue weighted by Gasteiger charge is -2.35. The Labute approximate surface area is 185 Å². The third-order valence-electron chi connectivity index (χ3n) is 5.17. The van der Waals surface area contributed by atoms with Crippen molar-refractivity contribution in [2.45, 2.75) is 17.9 Å². The summed E-state index contributed by atoms with van der Waals surface area (Å²) in [5.41, 5.74) is 1.21. The van der Waals surface area contributed by atoms with Crippen molar-refractivity contribution in [2.75, 3.05) is 22.7 Å². The van der Waals surface area contributed by atoms with Gasteiger partial charge in [0.15, 0.2) is 0 Å². The lowest BCUT2D eigenvalue weighted by molar-refractivity contribution is 0.191. The van der Waals surface area contributed by atoms with Crippen molar-refractivity contribution in [3.8, 4) is 0 Å². The van der Waals surface area contributed by atoms with E-state index in [1.165, 1.54) is 29.2 Å². The molecule has 1 N–H and O–H groups in total. The first kappa shape index (κ1) is 21.8. The van der Waals surface area contributed by atoms with Crippen LogP contribution in [-0.2, 0) is 16.6 Å². The molecule has 1 saturated heterocycles. The third-order valence-corrected chi connectivity index (χ3v) is 6.57. The van der Waals surface area contributed by atoms with Gasteiger partial charge in [-0.2, -0.15) is 0 Å². The second-order valence-electron chi connectivity index (χ2n) is 7.41. The fraction of sp³-hybridized carbons (Fsp3) is 0.174. The standard InChI is InChI=1S/C23H21F2N3O3S/c24-18-8-7-17(22(25)15-18)16-27-13-4-14-28(23(27)29)20-11-9-19(10-12-20)26-32(30,31)21-5-2-1-3-6-21/h1-3,5-12,15,26H,4,13-14,16H2. The van der Waals surface area contributed by atoms with Crippen LogP contribution in [0.3, 0.4) is 0 Å². The van der Waals surface area contributed by atoms with E-state index in [1.807, 2.05) is 0 Å². The second kappa shape index (κ2) is 8.96. The Morgan fingerprint density at radius 3 is 2.31 bits per heavy atom. The molecule has 1 fully saturated rings. The molecule has 0 spiro atoms. The highest BCUT2D eigenvalue weighted by atomic mass is 32.2. The summed E-state index contributed by atoms with van der Waals surface area (Å²) in [5.74, 6) is -1.36. The van der Waals surface area contributed by atoms with Gasteiger partial charge in [-0.3, -0.25) is 9.62 Å². The van der Waals surface area contributed by atoms with E-state index in [0.717, 1.165) is 6.07 Å². The highest BCUT2D eigenvalue weighted by molar-refractivity contribution is 7.92. The number of rotatable bonds is 6. The number of carbonyl (C=O) groups is 1. The number of nitrogens with zero attached hydrogens (tertiary/aromatic N) is 2.